The number of rotatable bonds is 1. The summed E-state index contributed by atoms with van der Waals surface area (Å²) in [5.74, 6) is 1.10. The summed E-state index contributed by atoms with van der Waals surface area (Å²) in [5, 5.41) is 0. The van der Waals surface area contributed by atoms with Crippen LogP contribution in [0.4, 0.5) is 0 Å². The molecular formula is C14H19N3. The van der Waals surface area contributed by atoms with Crippen molar-refractivity contribution in [2.45, 2.75) is 44.6 Å². The van der Waals surface area contributed by atoms with Crippen LogP contribution in [-0.4, -0.2) is 9.38 Å². The van der Waals surface area contributed by atoms with Crippen molar-refractivity contribution in [1.82, 2.24) is 9.38 Å². The first kappa shape index (κ1) is 10.8. The summed E-state index contributed by atoms with van der Waals surface area (Å²) in [6, 6.07) is 4.21. The molecule has 1 fully saturated rings. The van der Waals surface area contributed by atoms with E-state index in [0.717, 1.165) is 24.2 Å². The predicted molar refractivity (Wildman–Crippen MR) is 69.0 cm³/mol. The summed E-state index contributed by atoms with van der Waals surface area (Å²) in [5.41, 5.74) is 8.67. The monoisotopic (exact) mass is 229 g/mol. The molecule has 0 amide bonds. The standard InChI is InChI=1S/C14H19N3/c1-13(2,3)12-16-9-11-10(14(15)6-7-14)5-4-8-17(11)12/h4-5,8-9H,6-7,15H2,1-3H3. The van der Waals surface area contributed by atoms with E-state index in [1.54, 1.807) is 0 Å². The van der Waals surface area contributed by atoms with Crippen LogP contribution in [0.5, 0.6) is 0 Å². The van der Waals surface area contributed by atoms with Crippen molar-refractivity contribution in [3.63, 3.8) is 0 Å². The summed E-state index contributed by atoms with van der Waals surface area (Å²) in [6.07, 6.45) is 6.21. The van der Waals surface area contributed by atoms with Crippen LogP contribution in [0.1, 0.15) is 45.0 Å². The molecule has 0 spiro atoms. The quantitative estimate of drug-likeness (QED) is 0.816. The molecule has 17 heavy (non-hydrogen) atoms. The smallest absolute Gasteiger partial charge is 0.118 e. The number of hydrogen-bond donors (Lipinski definition) is 1. The molecule has 0 saturated heterocycles. The molecule has 1 saturated carbocycles. The first-order valence-corrected chi connectivity index (χ1v) is 6.18. The van der Waals surface area contributed by atoms with Crippen LogP contribution in [0.2, 0.25) is 0 Å². The summed E-state index contributed by atoms with van der Waals surface area (Å²) in [4.78, 5) is 4.58. The van der Waals surface area contributed by atoms with Gasteiger partial charge in [0.05, 0.1) is 11.7 Å². The maximum Gasteiger partial charge on any atom is 0.118 e. The summed E-state index contributed by atoms with van der Waals surface area (Å²) < 4.78 is 2.18. The van der Waals surface area contributed by atoms with Crippen LogP contribution < -0.4 is 5.73 Å². The molecule has 1 aliphatic rings. The fourth-order valence-corrected chi connectivity index (χ4v) is 2.40. The van der Waals surface area contributed by atoms with Gasteiger partial charge in [0.2, 0.25) is 0 Å². The van der Waals surface area contributed by atoms with Crippen molar-refractivity contribution >= 4 is 5.52 Å². The molecule has 2 N–H and O–H groups in total. The zero-order valence-corrected chi connectivity index (χ0v) is 10.7. The van der Waals surface area contributed by atoms with E-state index < -0.39 is 0 Å². The van der Waals surface area contributed by atoms with Gasteiger partial charge in [-0.05, 0) is 24.5 Å². The molecule has 0 radical (unpaired) electrons. The van der Waals surface area contributed by atoms with Gasteiger partial charge in [0.25, 0.3) is 0 Å². The molecule has 90 valence electrons. The average Bonchev–Trinajstić information content (AvgIpc) is 2.84. The van der Waals surface area contributed by atoms with Gasteiger partial charge in [-0.3, -0.25) is 0 Å². The van der Waals surface area contributed by atoms with Crippen LogP contribution in [0.25, 0.3) is 5.52 Å². The van der Waals surface area contributed by atoms with Crippen LogP contribution in [0.3, 0.4) is 0 Å². The highest BCUT2D eigenvalue weighted by Gasteiger charge is 2.41. The minimum atomic E-state index is -0.0995. The summed E-state index contributed by atoms with van der Waals surface area (Å²) >= 11 is 0. The number of pyridine rings is 1. The zero-order valence-electron chi connectivity index (χ0n) is 10.7. The van der Waals surface area contributed by atoms with Gasteiger partial charge in [0.15, 0.2) is 0 Å². The number of fused-ring (bicyclic) bond motifs is 1. The molecule has 2 aromatic rings. The number of aromatic nitrogens is 2. The molecule has 1 aliphatic carbocycles. The third-order valence-corrected chi connectivity index (χ3v) is 3.57. The van der Waals surface area contributed by atoms with Crippen molar-refractivity contribution in [2.24, 2.45) is 5.73 Å². The Hall–Kier alpha value is -1.35. The Labute approximate surface area is 102 Å². The maximum atomic E-state index is 6.31. The second-order valence-electron chi connectivity index (χ2n) is 6.17. The SMILES string of the molecule is CC(C)(C)c1ncc2c(C3(N)CC3)cccn12. The van der Waals surface area contributed by atoms with Crippen LogP contribution in [-0.2, 0) is 11.0 Å². The van der Waals surface area contributed by atoms with Crippen molar-refractivity contribution in [3.05, 3.63) is 35.9 Å². The highest BCUT2D eigenvalue weighted by atomic mass is 15.0. The molecule has 2 heterocycles. The molecule has 3 nitrogen and oxygen atoms in total. The second kappa shape index (κ2) is 3.10. The maximum absolute atomic E-state index is 6.31. The van der Waals surface area contributed by atoms with E-state index in [9.17, 15) is 0 Å². The molecule has 0 aromatic carbocycles. The van der Waals surface area contributed by atoms with Gasteiger partial charge >= 0.3 is 0 Å². The van der Waals surface area contributed by atoms with Crippen LogP contribution >= 0.6 is 0 Å². The molecule has 0 bridgehead atoms. The van der Waals surface area contributed by atoms with Gasteiger partial charge in [-0.2, -0.15) is 0 Å². The molecule has 3 heteroatoms. The van der Waals surface area contributed by atoms with E-state index in [1.807, 2.05) is 6.20 Å². The van der Waals surface area contributed by atoms with Crippen LogP contribution in [0, 0.1) is 0 Å². The van der Waals surface area contributed by atoms with Gasteiger partial charge in [-0.15, -0.1) is 0 Å². The van der Waals surface area contributed by atoms with Crippen molar-refractivity contribution in [2.75, 3.05) is 0 Å². The van der Waals surface area contributed by atoms with Crippen molar-refractivity contribution in [1.29, 1.82) is 0 Å². The summed E-state index contributed by atoms with van der Waals surface area (Å²) in [7, 11) is 0. The topological polar surface area (TPSA) is 43.3 Å². The highest BCUT2D eigenvalue weighted by Crippen LogP contribution is 2.44. The van der Waals surface area contributed by atoms with E-state index in [0.29, 0.717) is 0 Å². The minimum absolute atomic E-state index is 0.0519. The third kappa shape index (κ3) is 1.57. The fraction of sp³-hybridized carbons (Fsp3) is 0.500. The number of hydrogen-bond acceptors (Lipinski definition) is 2. The third-order valence-electron chi connectivity index (χ3n) is 3.57. The number of nitrogens with two attached hydrogens (primary N) is 1. The molecule has 0 unspecified atom stereocenters. The lowest BCUT2D eigenvalue weighted by atomic mass is 9.96. The minimum Gasteiger partial charge on any atom is -0.321 e. The Balaban J connectivity index is 2.26. The van der Waals surface area contributed by atoms with E-state index in [4.69, 9.17) is 5.73 Å². The Kier molecular flexibility index (Phi) is 1.97. The number of imidazole rings is 1. The molecular weight excluding hydrogens is 210 g/mol. The van der Waals surface area contributed by atoms with E-state index in [1.165, 1.54) is 5.56 Å². The summed E-state index contributed by atoms with van der Waals surface area (Å²) in [6.45, 7) is 6.55. The number of nitrogens with zero attached hydrogens (tertiary/aromatic N) is 2. The van der Waals surface area contributed by atoms with Crippen molar-refractivity contribution in [3.8, 4) is 0 Å². The average molecular weight is 229 g/mol. The fourth-order valence-electron chi connectivity index (χ4n) is 2.40. The van der Waals surface area contributed by atoms with E-state index in [-0.39, 0.29) is 11.0 Å². The van der Waals surface area contributed by atoms with Gasteiger partial charge in [0, 0.05) is 17.2 Å². The largest absolute Gasteiger partial charge is 0.321 e. The molecule has 2 aromatic heterocycles. The zero-order chi connectivity index (χ0) is 12.3. The predicted octanol–water partition coefficient (Wildman–Crippen LogP) is 2.58. The Bertz CT molecular complexity index is 571. The highest BCUT2D eigenvalue weighted by molar-refractivity contribution is 5.59. The van der Waals surface area contributed by atoms with E-state index in [2.05, 4.69) is 48.5 Å². The van der Waals surface area contributed by atoms with Gasteiger partial charge in [-0.25, -0.2) is 4.98 Å². The second-order valence-corrected chi connectivity index (χ2v) is 6.17. The lowest BCUT2D eigenvalue weighted by Crippen LogP contribution is -2.20. The Morgan fingerprint density at radius 3 is 2.65 bits per heavy atom. The lowest BCUT2D eigenvalue weighted by molar-refractivity contribution is 0.542. The molecule has 3 rings (SSSR count). The first-order chi connectivity index (χ1) is 7.92. The van der Waals surface area contributed by atoms with Crippen molar-refractivity contribution < 1.29 is 0 Å². The molecule has 0 atom stereocenters. The normalized spacial score (nSPS) is 18.6. The Morgan fingerprint density at radius 1 is 1.35 bits per heavy atom. The lowest BCUT2D eigenvalue weighted by Gasteiger charge is -2.18. The first-order valence-electron chi connectivity index (χ1n) is 6.18. The van der Waals surface area contributed by atoms with Gasteiger partial charge in [0.1, 0.15) is 5.82 Å². The van der Waals surface area contributed by atoms with Crippen LogP contribution in [0.15, 0.2) is 24.5 Å². The van der Waals surface area contributed by atoms with Gasteiger partial charge in [-0.1, -0.05) is 26.8 Å². The Morgan fingerprint density at radius 2 is 2.06 bits per heavy atom. The van der Waals surface area contributed by atoms with Gasteiger partial charge < -0.3 is 10.1 Å². The molecule has 0 aliphatic heterocycles. The van der Waals surface area contributed by atoms with E-state index >= 15 is 0 Å².